The highest BCUT2D eigenvalue weighted by atomic mass is 79.9. The minimum atomic E-state index is -0.900. The van der Waals surface area contributed by atoms with E-state index in [0.29, 0.717) is 20.9 Å². The molecule has 147 heavy (non-hydrogen) atoms. The highest BCUT2D eigenvalue weighted by molar-refractivity contribution is 9.10. The standard InChI is InChI=1S/C70H42N2O4S2.C46H26N2O4S2.C12H9BrO.CH4/c1-3-21-43(22-4-1)71(55-33-19-27-47-45-25-7-13-35-57(45)75-65(47)55)63-41-53-67(77-63)70(51-31-11-17-39-61(51)74-62-40-18-12-32-52(62)70)54-42-64(78-68(54)69(53)49-29-9-15-37-59(49)73-60-38-16-10-30-50(60)69)72(44-23-5-2-6-24-44)56-34-20-28-48-46-26-8-14-36-58(46)76-66(48)56;49-41-33-25-39(47(27-13-3-1-4-14-27)35-21-11-19-31-29-17-7-9-23-37(29)51-43(31)35)53-45(33)42(50)34-26-40(54-46(34)41)48(28-15-5-2-6-16-28)36-22-12-20-32-30-18-8-10-24-38(30)52-44(32)36;13-11-8-4-5-9-12(11)14-10-6-2-1-3-7-10;/h1-42H;1-26H;1-9H;1H4. The number of ether oxygens (including phenoxy) is 3. The average molecular weight is 2040 g/mol. The molecule has 0 bridgehead atoms. The molecule has 30 rings (SSSR count). The number of hydrogen-bond donors (Lipinski definition) is 0. The van der Waals surface area contributed by atoms with Crippen molar-refractivity contribution in [2.24, 2.45) is 0 Å². The Morgan fingerprint density at radius 2 is 0.503 bits per heavy atom. The second-order valence-corrected chi connectivity index (χ2v) is 41.2. The number of hydrogen-bond acceptors (Lipinski definition) is 17. The smallest absolute Gasteiger partial charge is 0.205 e. The van der Waals surface area contributed by atoms with Crippen LogP contribution in [0.15, 0.2) is 489 Å². The van der Waals surface area contributed by atoms with Gasteiger partial charge < -0.3 is 31.9 Å². The summed E-state index contributed by atoms with van der Waals surface area (Å²) < 4.78 is 47.5. The number of furan rings is 4. The number of carbonyl (C=O) groups excluding carboxylic acids is 2. The summed E-state index contributed by atoms with van der Waals surface area (Å²) in [4.78, 5) is 41.3. The quantitative estimate of drug-likeness (QED) is 0.103. The minimum absolute atomic E-state index is 0. The molecule has 0 fully saturated rings. The molecule has 2 spiro atoms. The van der Waals surface area contributed by atoms with E-state index >= 15 is 0 Å². The summed E-state index contributed by atoms with van der Waals surface area (Å²) in [6.07, 6.45) is 0. The number of ketones is 2. The SMILES string of the molecule is Brc1ccccc1Oc1ccccc1.C.O=C1c2cc(N(c3ccccc3)c3cccc4c3oc3ccccc34)sc2C(=O)c2cc(N(c3ccccc3)c3cccc4c3oc3ccccc34)sc21.c1ccc(N(c2cc3c(s2)C2(c4ccccc4Oc4ccccc42)c2cc(N(c4ccccc4)c4cccc5c4oc4ccccc45)sc2C32c3ccccc3Oc3ccccc32)c2cccc3c2oc2ccccc23)cc1. The van der Waals surface area contributed by atoms with E-state index in [2.05, 4.69) is 302 Å². The van der Waals surface area contributed by atoms with Crippen molar-refractivity contribution in [2.75, 3.05) is 19.6 Å². The maximum atomic E-state index is 14.5. The molecular formula is C129H81BrN4O9S4. The number of thiophene rings is 4. The van der Waals surface area contributed by atoms with E-state index < -0.39 is 10.8 Å². The molecule has 10 heterocycles. The molecule has 26 aromatic rings. The number of anilines is 12. The van der Waals surface area contributed by atoms with Crippen LogP contribution in [-0.4, -0.2) is 11.6 Å². The van der Waals surface area contributed by atoms with Crippen molar-refractivity contribution in [3.8, 4) is 34.5 Å². The Labute approximate surface area is 868 Å². The van der Waals surface area contributed by atoms with Gasteiger partial charge >= 0.3 is 0 Å². The monoisotopic (exact) mass is 2040 g/mol. The number of fused-ring (bicyclic) bond motifs is 28. The van der Waals surface area contributed by atoms with Crippen molar-refractivity contribution in [3.63, 3.8) is 0 Å². The van der Waals surface area contributed by atoms with E-state index in [-0.39, 0.29) is 19.0 Å². The molecule has 0 saturated carbocycles. The zero-order valence-corrected chi connectivity index (χ0v) is 82.3. The predicted octanol–water partition coefficient (Wildman–Crippen LogP) is 38.0. The molecule has 13 nitrogen and oxygen atoms in total. The lowest BCUT2D eigenvalue weighted by atomic mass is 9.54. The molecule has 0 unspecified atom stereocenters. The maximum Gasteiger partial charge on any atom is 0.205 e. The zero-order valence-electron chi connectivity index (χ0n) is 77.4. The van der Waals surface area contributed by atoms with Crippen LogP contribution in [0.4, 0.5) is 65.5 Å². The van der Waals surface area contributed by atoms with Crippen molar-refractivity contribution < 1.29 is 41.5 Å². The van der Waals surface area contributed by atoms with Crippen LogP contribution in [0, 0.1) is 0 Å². The van der Waals surface area contributed by atoms with Crippen LogP contribution >= 0.6 is 61.3 Å². The molecule has 2 aliphatic heterocycles. The maximum absolute atomic E-state index is 14.5. The molecular weight excluding hydrogens is 1960 g/mol. The molecule has 8 aromatic heterocycles. The van der Waals surface area contributed by atoms with Crippen molar-refractivity contribution in [2.45, 2.75) is 18.3 Å². The fourth-order valence-electron chi connectivity index (χ4n) is 21.9. The van der Waals surface area contributed by atoms with Gasteiger partial charge in [-0.3, -0.25) is 29.2 Å². The molecule has 0 atom stereocenters. The molecule has 702 valence electrons. The van der Waals surface area contributed by atoms with Crippen molar-refractivity contribution in [3.05, 3.63) is 536 Å². The number of carbonyl (C=O) groups is 2. The molecule has 0 radical (unpaired) electrons. The van der Waals surface area contributed by atoms with Gasteiger partial charge in [0.1, 0.15) is 76.8 Å². The van der Waals surface area contributed by atoms with E-state index in [9.17, 15) is 9.59 Å². The molecule has 2 aliphatic carbocycles. The largest absolute Gasteiger partial charge is 0.457 e. The van der Waals surface area contributed by atoms with Crippen LogP contribution in [0.3, 0.4) is 0 Å². The normalized spacial score (nSPS) is 13.0. The Balaban J connectivity index is 0.000000134. The number of nitrogens with zero attached hydrogens (tertiary/aromatic N) is 4. The number of benzene rings is 18. The summed E-state index contributed by atoms with van der Waals surface area (Å²) in [5.41, 5.74) is 19.4. The lowest BCUT2D eigenvalue weighted by Gasteiger charge is -2.50. The Morgan fingerprint density at radius 3 is 0.816 bits per heavy atom. The van der Waals surface area contributed by atoms with E-state index in [4.69, 9.17) is 31.9 Å². The van der Waals surface area contributed by atoms with Crippen LogP contribution < -0.4 is 33.8 Å². The first kappa shape index (κ1) is 88.3. The van der Waals surface area contributed by atoms with Crippen LogP contribution in [0.1, 0.15) is 81.0 Å². The average Bonchev–Trinajstić information content (AvgIpc) is 1.58. The summed E-state index contributed by atoms with van der Waals surface area (Å²) in [6.45, 7) is 0. The van der Waals surface area contributed by atoms with Crippen molar-refractivity contribution in [1.29, 1.82) is 0 Å². The Morgan fingerprint density at radius 1 is 0.245 bits per heavy atom. The second kappa shape index (κ2) is 35.8. The summed E-state index contributed by atoms with van der Waals surface area (Å²) in [6, 6.07) is 160. The Bertz CT molecular complexity index is 9000. The lowest BCUT2D eigenvalue weighted by Crippen LogP contribution is -2.45. The van der Waals surface area contributed by atoms with Gasteiger partial charge in [0, 0.05) is 109 Å². The molecule has 0 saturated heterocycles. The number of rotatable bonds is 14. The lowest BCUT2D eigenvalue weighted by molar-refractivity contribution is 0.0986. The highest BCUT2D eigenvalue weighted by Gasteiger charge is 2.62. The third-order valence-corrected chi connectivity index (χ3v) is 33.5. The van der Waals surface area contributed by atoms with Gasteiger partial charge in [-0.1, -0.05) is 305 Å². The molecule has 0 N–H and O–H groups in total. The molecule has 18 heteroatoms. The highest BCUT2D eigenvalue weighted by Crippen LogP contribution is 2.72. The summed E-state index contributed by atoms with van der Waals surface area (Å²) in [5.74, 6) is 4.62. The first-order chi connectivity index (χ1) is 72.2. The topological polar surface area (TPSA) is 127 Å². The summed E-state index contributed by atoms with van der Waals surface area (Å²) in [7, 11) is 0. The van der Waals surface area contributed by atoms with Gasteiger partial charge in [-0.15, -0.1) is 45.3 Å². The van der Waals surface area contributed by atoms with Crippen molar-refractivity contribution >= 4 is 226 Å². The molecule has 4 aliphatic rings. The van der Waals surface area contributed by atoms with E-state index in [0.717, 1.165) is 214 Å². The Hall–Kier alpha value is -17.6. The number of para-hydroxylation sites is 18. The van der Waals surface area contributed by atoms with Crippen LogP contribution in [0.2, 0.25) is 0 Å². The van der Waals surface area contributed by atoms with E-state index in [1.807, 2.05) is 223 Å². The van der Waals surface area contributed by atoms with Crippen molar-refractivity contribution in [1.82, 2.24) is 0 Å². The predicted molar refractivity (Wildman–Crippen MR) is 603 cm³/mol. The fraction of sp³-hybridized carbons (Fsp3) is 0.0233. The van der Waals surface area contributed by atoms with E-state index in [1.165, 1.54) is 43.6 Å². The van der Waals surface area contributed by atoms with Gasteiger partial charge in [-0.05, 0) is 197 Å². The molecule has 18 aromatic carbocycles. The van der Waals surface area contributed by atoms with Crippen LogP contribution in [0.5, 0.6) is 34.5 Å². The summed E-state index contributed by atoms with van der Waals surface area (Å²) in [5, 5.41) is 11.9. The summed E-state index contributed by atoms with van der Waals surface area (Å²) >= 11 is 9.77. The third-order valence-electron chi connectivity index (χ3n) is 28.1. The van der Waals surface area contributed by atoms with Gasteiger partial charge in [0.25, 0.3) is 0 Å². The van der Waals surface area contributed by atoms with Gasteiger partial charge in [0.05, 0.1) is 47.8 Å². The first-order valence-corrected chi connectivity index (χ1v) is 52.1. The Kier molecular flexibility index (Phi) is 21.5. The third kappa shape index (κ3) is 14.1. The second-order valence-electron chi connectivity index (χ2n) is 36.2. The first-order valence-electron chi connectivity index (χ1n) is 48.1. The zero-order chi connectivity index (χ0) is 96.8. The molecule has 0 amide bonds. The van der Waals surface area contributed by atoms with Gasteiger partial charge in [-0.25, -0.2) is 0 Å². The van der Waals surface area contributed by atoms with Gasteiger partial charge in [0.2, 0.25) is 11.6 Å². The number of halogens is 1. The van der Waals surface area contributed by atoms with E-state index in [1.54, 1.807) is 0 Å². The van der Waals surface area contributed by atoms with Gasteiger partial charge in [0.15, 0.2) is 22.3 Å². The van der Waals surface area contributed by atoms with Gasteiger partial charge in [-0.2, -0.15) is 0 Å². The van der Waals surface area contributed by atoms with Crippen LogP contribution in [-0.2, 0) is 10.8 Å². The van der Waals surface area contributed by atoms with Crippen LogP contribution in [0.25, 0.3) is 87.8 Å². The minimum Gasteiger partial charge on any atom is -0.457 e. The fourth-order valence-corrected chi connectivity index (χ4v) is 27.5.